The fourth-order valence-corrected chi connectivity index (χ4v) is 4.92. The topological polar surface area (TPSA) is 96.6 Å². The normalized spacial score (nSPS) is 15.0. The molecule has 1 unspecified atom stereocenters. The molecule has 8 nitrogen and oxygen atoms in total. The summed E-state index contributed by atoms with van der Waals surface area (Å²) >= 11 is 0. The number of ether oxygens (including phenoxy) is 2. The van der Waals surface area contributed by atoms with Gasteiger partial charge in [-0.25, -0.2) is 4.98 Å². The molecular formula is C30H38N4O4. The largest absolute Gasteiger partial charge is 0.497 e. The molecule has 0 aliphatic carbocycles. The van der Waals surface area contributed by atoms with Crippen LogP contribution < -0.4 is 10.1 Å². The number of aromatic amines is 1. The number of aryl methyl sites for hydroxylation is 2. The maximum absolute atomic E-state index is 13.8. The van der Waals surface area contributed by atoms with Crippen LogP contribution in [0, 0.1) is 6.92 Å². The Balaban J connectivity index is 1.48. The number of methoxy groups -OCH3 is 1. The summed E-state index contributed by atoms with van der Waals surface area (Å²) in [5, 5.41) is 3.00. The van der Waals surface area contributed by atoms with Gasteiger partial charge >= 0.3 is 0 Å². The van der Waals surface area contributed by atoms with Crippen LogP contribution >= 0.6 is 0 Å². The predicted molar refractivity (Wildman–Crippen MR) is 146 cm³/mol. The Hall–Kier alpha value is -3.65. The number of amides is 2. The van der Waals surface area contributed by atoms with E-state index in [9.17, 15) is 9.59 Å². The summed E-state index contributed by atoms with van der Waals surface area (Å²) in [6, 6.07) is 15.1. The van der Waals surface area contributed by atoms with Gasteiger partial charge in [0, 0.05) is 31.3 Å². The number of carbonyl (C=O) groups is 2. The molecule has 3 aromatic rings. The molecule has 1 atom stereocenters. The van der Waals surface area contributed by atoms with Crippen molar-refractivity contribution in [3.8, 4) is 5.75 Å². The Morgan fingerprint density at radius 2 is 1.92 bits per heavy atom. The summed E-state index contributed by atoms with van der Waals surface area (Å²) in [6.45, 7) is 5.79. The highest BCUT2D eigenvalue weighted by Gasteiger charge is 2.49. The number of hydrogen-bond donors (Lipinski definition) is 2. The second kappa shape index (κ2) is 12.7. The van der Waals surface area contributed by atoms with E-state index in [0.29, 0.717) is 32.5 Å². The van der Waals surface area contributed by atoms with E-state index in [-0.39, 0.29) is 18.2 Å². The Labute approximate surface area is 224 Å². The minimum Gasteiger partial charge on any atom is -0.497 e. The van der Waals surface area contributed by atoms with Gasteiger partial charge in [0.1, 0.15) is 17.4 Å². The van der Waals surface area contributed by atoms with Crippen LogP contribution in [0.5, 0.6) is 5.75 Å². The van der Waals surface area contributed by atoms with Crippen molar-refractivity contribution < 1.29 is 19.1 Å². The van der Waals surface area contributed by atoms with E-state index in [0.717, 1.165) is 41.0 Å². The molecule has 2 amide bonds. The highest BCUT2D eigenvalue weighted by atomic mass is 16.5. The zero-order chi connectivity index (χ0) is 27.0. The van der Waals surface area contributed by atoms with E-state index >= 15 is 0 Å². The number of nitrogens with one attached hydrogen (secondary N) is 2. The van der Waals surface area contributed by atoms with E-state index in [1.54, 1.807) is 19.6 Å². The molecular weight excluding hydrogens is 480 g/mol. The maximum atomic E-state index is 13.8. The van der Waals surface area contributed by atoms with Gasteiger partial charge in [-0.15, -0.1) is 0 Å². The van der Waals surface area contributed by atoms with Gasteiger partial charge in [-0.2, -0.15) is 0 Å². The fraction of sp³-hybridized carbons (Fsp3) is 0.433. The molecule has 1 fully saturated rings. The summed E-state index contributed by atoms with van der Waals surface area (Å²) in [7, 11) is 1.62. The van der Waals surface area contributed by atoms with E-state index in [1.165, 1.54) is 0 Å². The zero-order valence-electron chi connectivity index (χ0n) is 22.5. The number of unbranched alkanes of at least 4 members (excludes halogenated alkanes) is 1. The minimum atomic E-state index is -0.678. The highest BCUT2D eigenvalue weighted by molar-refractivity contribution is 5.88. The molecule has 2 N–H and O–H groups in total. The van der Waals surface area contributed by atoms with Gasteiger partial charge in [0.25, 0.3) is 0 Å². The molecule has 1 aromatic heterocycles. The average Bonchev–Trinajstić information content (AvgIpc) is 3.43. The number of hydrogen-bond acceptors (Lipinski definition) is 5. The Morgan fingerprint density at radius 3 is 2.58 bits per heavy atom. The zero-order valence-corrected chi connectivity index (χ0v) is 22.5. The molecule has 38 heavy (non-hydrogen) atoms. The SMILES string of the molecule is CCCCOC1(c2ccccc2C)CN(C(=O)C(Cc2ccc(OC)cc2)NC(=O)CCc2cnc[nH]2)C1. The Kier molecular flexibility index (Phi) is 9.18. The third-order valence-corrected chi connectivity index (χ3v) is 7.12. The second-order valence-corrected chi connectivity index (χ2v) is 9.95. The summed E-state index contributed by atoms with van der Waals surface area (Å²) in [5.41, 5.74) is 3.58. The van der Waals surface area contributed by atoms with Gasteiger partial charge in [-0.3, -0.25) is 9.59 Å². The fourth-order valence-electron chi connectivity index (χ4n) is 4.92. The first kappa shape index (κ1) is 27.4. The van der Waals surface area contributed by atoms with Crippen molar-refractivity contribution in [1.82, 2.24) is 20.2 Å². The van der Waals surface area contributed by atoms with Crippen LogP contribution in [0.15, 0.2) is 61.1 Å². The van der Waals surface area contributed by atoms with E-state index < -0.39 is 11.6 Å². The third kappa shape index (κ3) is 6.61. The number of carbonyl (C=O) groups excluding carboxylic acids is 2. The monoisotopic (exact) mass is 518 g/mol. The minimum absolute atomic E-state index is 0.0981. The van der Waals surface area contributed by atoms with Crippen molar-refractivity contribution >= 4 is 11.8 Å². The molecule has 1 aliphatic rings. The number of benzene rings is 2. The first-order valence-electron chi connectivity index (χ1n) is 13.3. The molecule has 0 radical (unpaired) electrons. The quantitative estimate of drug-likeness (QED) is 0.334. The first-order valence-corrected chi connectivity index (χ1v) is 13.3. The van der Waals surface area contributed by atoms with E-state index in [1.807, 2.05) is 41.3 Å². The Bertz CT molecular complexity index is 1190. The van der Waals surface area contributed by atoms with Crippen molar-refractivity contribution in [3.63, 3.8) is 0 Å². The molecule has 0 bridgehead atoms. The predicted octanol–water partition coefficient (Wildman–Crippen LogP) is 3.94. The standard InChI is InChI=1S/C30H38N4O4/c1-4-5-16-38-30(26-9-7-6-8-22(26)2)19-34(20-30)29(36)27(17-23-10-13-25(37-3)14-11-23)33-28(35)15-12-24-18-31-21-32-24/h6-11,13-14,18,21,27H,4-5,12,15-17,19-20H2,1-3H3,(H,31,32)(H,33,35). The maximum Gasteiger partial charge on any atom is 0.245 e. The van der Waals surface area contributed by atoms with Gasteiger partial charge < -0.3 is 24.7 Å². The Morgan fingerprint density at radius 1 is 1.16 bits per heavy atom. The molecule has 4 rings (SSSR count). The molecule has 8 heteroatoms. The van der Waals surface area contributed by atoms with Crippen LogP contribution in [0.2, 0.25) is 0 Å². The van der Waals surface area contributed by atoms with Crippen LogP contribution in [0.4, 0.5) is 0 Å². The van der Waals surface area contributed by atoms with Crippen molar-refractivity contribution in [2.75, 3.05) is 26.8 Å². The second-order valence-electron chi connectivity index (χ2n) is 9.95. The summed E-state index contributed by atoms with van der Waals surface area (Å²) in [5.74, 6) is 0.477. The number of rotatable bonds is 13. The number of aromatic nitrogens is 2. The van der Waals surface area contributed by atoms with Gasteiger partial charge in [-0.1, -0.05) is 49.7 Å². The van der Waals surface area contributed by atoms with E-state index in [2.05, 4.69) is 41.3 Å². The van der Waals surface area contributed by atoms with Crippen LogP contribution in [0.1, 0.15) is 48.6 Å². The van der Waals surface area contributed by atoms with Gasteiger partial charge in [0.15, 0.2) is 0 Å². The van der Waals surface area contributed by atoms with Crippen LogP contribution in [-0.2, 0) is 32.8 Å². The van der Waals surface area contributed by atoms with E-state index in [4.69, 9.17) is 9.47 Å². The molecule has 2 aromatic carbocycles. The summed E-state index contributed by atoms with van der Waals surface area (Å²) in [4.78, 5) is 35.5. The van der Waals surface area contributed by atoms with Crippen molar-refractivity contribution in [3.05, 3.63) is 83.4 Å². The number of imidazole rings is 1. The average molecular weight is 519 g/mol. The molecule has 1 aliphatic heterocycles. The smallest absolute Gasteiger partial charge is 0.245 e. The summed E-state index contributed by atoms with van der Waals surface area (Å²) in [6.07, 6.45) is 6.49. The number of H-pyrrole nitrogens is 1. The van der Waals surface area contributed by atoms with Crippen LogP contribution in [0.3, 0.4) is 0 Å². The number of likely N-dealkylation sites (tertiary alicyclic amines) is 1. The number of nitrogens with zero attached hydrogens (tertiary/aromatic N) is 2. The van der Waals surface area contributed by atoms with Gasteiger partial charge in [0.2, 0.25) is 11.8 Å². The van der Waals surface area contributed by atoms with Crippen molar-refractivity contribution in [2.45, 2.75) is 57.6 Å². The van der Waals surface area contributed by atoms with Crippen molar-refractivity contribution in [1.29, 1.82) is 0 Å². The molecule has 2 heterocycles. The third-order valence-electron chi connectivity index (χ3n) is 7.12. The lowest BCUT2D eigenvalue weighted by atomic mass is 9.82. The van der Waals surface area contributed by atoms with Gasteiger partial charge in [0.05, 0.1) is 26.5 Å². The van der Waals surface area contributed by atoms with Crippen LogP contribution in [0.25, 0.3) is 0 Å². The lowest BCUT2D eigenvalue weighted by Gasteiger charge is -2.51. The van der Waals surface area contributed by atoms with Crippen LogP contribution in [-0.4, -0.2) is 59.5 Å². The molecule has 1 saturated heterocycles. The lowest BCUT2D eigenvalue weighted by molar-refractivity contribution is -0.175. The lowest BCUT2D eigenvalue weighted by Crippen LogP contribution is -2.66. The molecule has 202 valence electrons. The highest BCUT2D eigenvalue weighted by Crippen LogP contribution is 2.38. The van der Waals surface area contributed by atoms with Gasteiger partial charge in [-0.05, 0) is 48.6 Å². The summed E-state index contributed by atoms with van der Waals surface area (Å²) < 4.78 is 11.7. The molecule has 0 spiro atoms. The molecule has 0 saturated carbocycles. The first-order chi connectivity index (χ1) is 18.4. The van der Waals surface area contributed by atoms with Crippen molar-refractivity contribution in [2.24, 2.45) is 0 Å².